The van der Waals surface area contributed by atoms with Crippen LogP contribution in [0.2, 0.25) is 0 Å². The van der Waals surface area contributed by atoms with Gasteiger partial charge in [0, 0.05) is 37.6 Å². The normalized spacial score (nSPS) is 18.3. The first-order valence-corrected chi connectivity index (χ1v) is 9.89. The van der Waals surface area contributed by atoms with E-state index in [2.05, 4.69) is 15.3 Å². The van der Waals surface area contributed by atoms with Gasteiger partial charge in [-0.2, -0.15) is 0 Å². The molecule has 1 unspecified atom stereocenters. The third-order valence-electron chi connectivity index (χ3n) is 4.91. The van der Waals surface area contributed by atoms with Gasteiger partial charge >= 0.3 is 0 Å². The molecule has 2 aromatic heterocycles. The van der Waals surface area contributed by atoms with Gasteiger partial charge in [0.15, 0.2) is 11.5 Å². The molecule has 0 radical (unpaired) electrons. The molecule has 1 saturated heterocycles. The molecule has 1 N–H and O–H groups in total. The Morgan fingerprint density at radius 2 is 2.14 bits per heavy atom. The van der Waals surface area contributed by atoms with Crippen molar-refractivity contribution < 1.29 is 14.3 Å². The molecule has 0 aliphatic carbocycles. The SMILES string of the molecule is O=C(c1cnc(-c2ccc3c(c2)OCO3)s1)N1CCNCC1c1cccnc1. The molecule has 142 valence electrons. The zero-order chi connectivity index (χ0) is 18.9. The number of thiazole rings is 1. The molecule has 1 fully saturated rings. The lowest BCUT2D eigenvalue weighted by atomic mass is 10.1. The van der Waals surface area contributed by atoms with Gasteiger partial charge in [-0.15, -0.1) is 11.3 Å². The van der Waals surface area contributed by atoms with E-state index in [0.29, 0.717) is 23.7 Å². The maximum absolute atomic E-state index is 13.2. The van der Waals surface area contributed by atoms with Gasteiger partial charge in [0.2, 0.25) is 6.79 Å². The Labute approximate surface area is 166 Å². The van der Waals surface area contributed by atoms with Crippen molar-refractivity contribution in [1.82, 2.24) is 20.2 Å². The molecule has 1 aromatic carbocycles. The summed E-state index contributed by atoms with van der Waals surface area (Å²) < 4.78 is 10.8. The first-order valence-electron chi connectivity index (χ1n) is 9.07. The van der Waals surface area contributed by atoms with Crippen molar-refractivity contribution in [2.75, 3.05) is 26.4 Å². The summed E-state index contributed by atoms with van der Waals surface area (Å²) >= 11 is 1.40. The lowest BCUT2D eigenvalue weighted by Gasteiger charge is -2.36. The molecule has 1 atom stereocenters. The van der Waals surface area contributed by atoms with Crippen LogP contribution in [-0.4, -0.2) is 47.2 Å². The molecule has 4 heterocycles. The second-order valence-electron chi connectivity index (χ2n) is 6.60. The predicted molar refractivity (Wildman–Crippen MR) is 105 cm³/mol. The minimum atomic E-state index is -0.0361. The molecule has 8 heteroatoms. The predicted octanol–water partition coefficient (Wildman–Crippen LogP) is 2.72. The third-order valence-corrected chi connectivity index (χ3v) is 5.94. The van der Waals surface area contributed by atoms with E-state index in [0.717, 1.165) is 28.4 Å². The second-order valence-corrected chi connectivity index (χ2v) is 7.63. The molecule has 2 aliphatic rings. The fourth-order valence-corrected chi connectivity index (χ4v) is 4.36. The summed E-state index contributed by atoms with van der Waals surface area (Å²) in [5.74, 6) is 1.44. The molecule has 3 aromatic rings. The van der Waals surface area contributed by atoms with Crippen molar-refractivity contribution in [3.8, 4) is 22.1 Å². The number of aromatic nitrogens is 2. The van der Waals surface area contributed by atoms with Crippen LogP contribution in [0.25, 0.3) is 10.6 Å². The number of rotatable bonds is 3. The minimum absolute atomic E-state index is 0.000142. The molecule has 1 amide bonds. The van der Waals surface area contributed by atoms with Crippen LogP contribution in [0.5, 0.6) is 11.5 Å². The number of nitrogens with one attached hydrogen (secondary N) is 1. The summed E-state index contributed by atoms with van der Waals surface area (Å²) in [4.78, 5) is 24.4. The molecular formula is C20H18N4O3S. The second kappa shape index (κ2) is 7.21. The van der Waals surface area contributed by atoms with E-state index in [1.807, 2.05) is 41.4 Å². The molecular weight excluding hydrogens is 376 g/mol. The Bertz CT molecular complexity index is 1010. The number of carbonyl (C=O) groups is 1. The van der Waals surface area contributed by atoms with E-state index < -0.39 is 0 Å². The van der Waals surface area contributed by atoms with Crippen LogP contribution in [0.1, 0.15) is 21.3 Å². The highest BCUT2D eigenvalue weighted by Gasteiger charge is 2.30. The topological polar surface area (TPSA) is 76.6 Å². The van der Waals surface area contributed by atoms with Crippen LogP contribution in [-0.2, 0) is 0 Å². The first kappa shape index (κ1) is 17.2. The molecule has 0 spiro atoms. The van der Waals surface area contributed by atoms with E-state index in [4.69, 9.17) is 9.47 Å². The molecule has 0 saturated carbocycles. The number of carbonyl (C=O) groups excluding carboxylic acids is 1. The lowest BCUT2D eigenvalue weighted by molar-refractivity contribution is 0.0639. The van der Waals surface area contributed by atoms with Crippen molar-refractivity contribution in [3.63, 3.8) is 0 Å². The number of pyridine rings is 1. The van der Waals surface area contributed by atoms with Gasteiger partial charge in [-0.25, -0.2) is 4.98 Å². The zero-order valence-electron chi connectivity index (χ0n) is 15.0. The monoisotopic (exact) mass is 394 g/mol. The summed E-state index contributed by atoms with van der Waals surface area (Å²) in [6.07, 6.45) is 5.23. The smallest absolute Gasteiger partial charge is 0.266 e. The van der Waals surface area contributed by atoms with Crippen LogP contribution >= 0.6 is 11.3 Å². The van der Waals surface area contributed by atoms with E-state index in [-0.39, 0.29) is 18.7 Å². The summed E-state index contributed by atoms with van der Waals surface area (Å²) in [7, 11) is 0. The summed E-state index contributed by atoms with van der Waals surface area (Å²) in [6, 6.07) is 9.58. The fraction of sp³-hybridized carbons (Fsp3) is 0.250. The van der Waals surface area contributed by atoms with Crippen molar-refractivity contribution in [2.24, 2.45) is 0 Å². The average Bonchev–Trinajstić information content (AvgIpc) is 3.43. The Kier molecular flexibility index (Phi) is 4.42. The standard InChI is InChI=1S/C20H18N4O3S/c25-20(24-7-6-22-10-15(24)14-2-1-5-21-9-14)18-11-23-19(28-18)13-3-4-16-17(8-13)27-12-26-16/h1-5,8-9,11,15,22H,6-7,10,12H2. The van der Waals surface area contributed by atoms with Crippen LogP contribution < -0.4 is 14.8 Å². The fourth-order valence-electron chi connectivity index (χ4n) is 3.50. The van der Waals surface area contributed by atoms with Crippen LogP contribution in [0.3, 0.4) is 0 Å². The van der Waals surface area contributed by atoms with E-state index in [1.165, 1.54) is 11.3 Å². The third kappa shape index (κ3) is 3.10. The number of ether oxygens (including phenoxy) is 2. The summed E-state index contributed by atoms with van der Waals surface area (Å²) in [5, 5.41) is 4.15. The maximum atomic E-state index is 13.2. The molecule has 2 aliphatic heterocycles. The van der Waals surface area contributed by atoms with E-state index >= 15 is 0 Å². The number of piperazine rings is 1. The Hall–Kier alpha value is -2.97. The van der Waals surface area contributed by atoms with Gasteiger partial charge in [0.1, 0.15) is 9.88 Å². The van der Waals surface area contributed by atoms with Crippen LogP contribution in [0.4, 0.5) is 0 Å². The first-order chi connectivity index (χ1) is 13.8. The molecule has 28 heavy (non-hydrogen) atoms. The number of nitrogens with zero attached hydrogens (tertiary/aromatic N) is 3. The Morgan fingerprint density at radius 3 is 3.04 bits per heavy atom. The quantitative estimate of drug-likeness (QED) is 0.736. The number of amides is 1. The highest BCUT2D eigenvalue weighted by molar-refractivity contribution is 7.16. The summed E-state index contributed by atoms with van der Waals surface area (Å²) in [6.45, 7) is 2.37. The molecule has 0 bridgehead atoms. The number of hydrogen-bond donors (Lipinski definition) is 1. The van der Waals surface area contributed by atoms with Crippen molar-refractivity contribution in [1.29, 1.82) is 0 Å². The van der Waals surface area contributed by atoms with Gasteiger partial charge < -0.3 is 19.7 Å². The van der Waals surface area contributed by atoms with Gasteiger partial charge in [-0.1, -0.05) is 6.07 Å². The van der Waals surface area contributed by atoms with Gasteiger partial charge in [0.25, 0.3) is 5.91 Å². The van der Waals surface area contributed by atoms with Crippen molar-refractivity contribution in [2.45, 2.75) is 6.04 Å². The Morgan fingerprint density at radius 1 is 1.21 bits per heavy atom. The highest BCUT2D eigenvalue weighted by atomic mass is 32.1. The minimum Gasteiger partial charge on any atom is -0.454 e. The number of hydrogen-bond acceptors (Lipinski definition) is 7. The maximum Gasteiger partial charge on any atom is 0.266 e. The van der Waals surface area contributed by atoms with Crippen molar-refractivity contribution >= 4 is 17.2 Å². The van der Waals surface area contributed by atoms with Crippen molar-refractivity contribution in [3.05, 3.63) is 59.4 Å². The summed E-state index contributed by atoms with van der Waals surface area (Å²) in [5.41, 5.74) is 1.95. The van der Waals surface area contributed by atoms with E-state index in [1.54, 1.807) is 12.4 Å². The van der Waals surface area contributed by atoms with Gasteiger partial charge in [-0.3, -0.25) is 9.78 Å². The van der Waals surface area contributed by atoms with Crippen LogP contribution in [0.15, 0.2) is 48.9 Å². The number of fused-ring (bicyclic) bond motifs is 1. The van der Waals surface area contributed by atoms with Crippen LogP contribution in [0, 0.1) is 0 Å². The average molecular weight is 394 g/mol. The molecule has 7 nitrogen and oxygen atoms in total. The zero-order valence-corrected chi connectivity index (χ0v) is 15.8. The highest BCUT2D eigenvalue weighted by Crippen LogP contribution is 2.37. The Balaban J connectivity index is 1.41. The largest absolute Gasteiger partial charge is 0.454 e. The molecule has 5 rings (SSSR count). The van der Waals surface area contributed by atoms with Gasteiger partial charge in [0.05, 0.1) is 12.2 Å². The van der Waals surface area contributed by atoms with Gasteiger partial charge in [-0.05, 0) is 29.8 Å². The number of benzene rings is 1. The lowest BCUT2D eigenvalue weighted by Crippen LogP contribution is -2.48. The van der Waals surface area contributed by atoms with E-state index in [9.17, 15) is 4.79 Å².